The molecule has 0 aromatic heterocycles. The van der Waals surface area contributed by atoms with Crippen molar-refractivity contribution in [3.05, 3.63) is 185 Å². The number of hydrogen-bond donors (Lipinski definition) is 2. The van der Waals surface area contributed by atoms with Crippen molar-refractivity contribution in [2.24, 2.45) is 0 Å². The standard InChI is InChI=1S/C43H26Cl4N4O5/c44-31-15-21(1-9-35(31)48)13-23-3-11-37(33(46)17-23)50-40(53)27-7-5-25(19-29(27)42(50)55)39(52)26-6-8-28-30(20-26)43(56)51(41(28)54)38-12-4-24(18-34(38)47)14-22-2-10-36(49)32(45)16-22/h1-12,15-20H,13-14,48-49H2. The van der Waals surface area contributed by atoms with Crippen molar-refractivity contribution in [2.45, 2.75) is 12.8 Å². The summed E-state index contributed by atoms with van der Waals surface area (Å²) >= 11 is 25.6. The molecule has 0 saturated carbocycles. The number of nitrogens with zero attached hydrogens (tertiary/aromatic N) is 2. The smallest absolute Gasteiger partial charge is 0.266 e. The minimum Gasteiger partial charge on any atom is -0.398 e. The van der Waals surface area contributed by atoms with Crippen LogP contribution >= 0.6 is 46.4 Å². The molecule has 4 N–H and O–H groups in total. The van der Waals surface area contributed by atoms with E-state index in [1.54, 1.807) is 60.7 Å². The first kappa shape index (κ1) is 37.0. The van der Waals surface area contributed by atoms with Crippen molar-refractivity contribution in [3.8, 4) is 0 Å². The Hall–Kier alpha value is -5.97. The average molecular weight is 821 g/mol. The highest BCUT2D eigenvalue weighted by Gasteiger charge is 2.40. The van der Waals surface area contributed by atoms with Crippen LogP contribution in [0.25, 0.3) is 0 Å². The molecule has 0 unspecified atom stereocenters. The topological polar surface area (TPSA) is 144 Å². The van der Waals surface area contributed by atoms with Crippen LogP contribution < -0.4 is 21.3 Å². The van der Waals surface area contributed by atoms with Crippen LogP contribution in [0.1, 0.15) is 79.6 Å². The molecule has 0 fully saturated rings. The highest BCUT2D eigenvalue weighted by Crippen LogP contribution is 2.37. The van der Waals surface area contributed by atoms with Gasteiger partial charge in [0.05, 0.1) is 65.1 Å². The number of imide groups is 2. The molecule has 6 aromatic carbocycles. The predicted octanol–water partition coefficient (Wildman–Crippen LogP) is 9.48. The molecule has 2 aliphatic rings. The molecule has 13 heteroatoms. The van der Waals surface area contributed by atoms with E-state index in [0.717, 1.165) is 32.1 Å². The van der Waals surface area contributed by atoms with E-state index in [2.05, 4.69) is 0 Å². The summed E-state index contributed by atoms with van der Waals surface area (Å²) in [6.45, 7) is 0. The van der Waals surface area contributed by atoms with E-state index in [-0.39, 0.29) is 54.8 Å². The molecule has 2 aliphatic heterocycles. The highest BCUT2D eigenvalue weighted by atomic mass is 35.5. The van der Waals surface area contributed by atoms with Gasteiger partial charge in [-0.25, -0.2) is 9.80 Å². The van der Waals surface area contributed by atoms with Crippen molar-refractivity contribution in [3.63, 3.8) is 0 Å². The molecule has 2 heterocycles. The third kappa shape index (κ3) is 6.48. The van der Waals surface area contributed by atoms with Crippen molar-refractivity contribution in [1.29, 1.82) is 0 Å². The van der Waals surface area contributed by atoms with Gasteiger partial charge in [0.25, 0.3) is 23.6 Å². The molecule has 9 nitrogen and oxygen atoms in total. The number of hydrogen-bond acceptors (Lipinski definition) is 7. The van der Waals surface area contributed by atoms with Gasteiger partial charge in [-0.2, -0.15) is 0 Å². The first-order chi connectivity index (χ1) is 26.8. The number of ketones is 1. The van der Waals surface area contributed by atoms with E-state index < -0.39 is 29.4 Å². The number of nitrogen functional groups attached to an aromatic ring is 2. The molecule has 0 aliphatic carbocycles. The van der Waals surface area contributed by atoms with Crippen LogP contribution in [0.3, 0.4) is 0 Å². The molecule has 0 radical (unpaired) electrons. The molecular formula is C43H26Cl4N4O5. The molecule has 4 amide bonds. The molecule has 56 heavy (non-hydrogen) atoms. The fourth-order valence-electron chi connectivity index (χ4n) is 6.88. The minimum atomic E-state index is -0.648. The van der Waals surface area contributed by atoms with Gasteiger partial charge < -0.3 is 11.5 Å². The maximum absolute atomic E-state index is 13.8. The van der Waals surface area contributed by atoms with Crippen LogP contribution in [0.5, 0.6) is 0 Å². The molecule has 6 aromatic rings. The molecule has 276 valence electrons. The lowest BCUT2D eigenvalue weighted by molar-refractivity contribution is 0.0910. The number of rotatable bonds is 8. The summed E-state index contributed by atoms with van der Waals surface area (Å²) in [5.41, 5.74) is 16.8. The lowest BCUT2D eigenvalue weighted by atomic mass is 9.96. The Labute approximate surface area is 339 Å². The summed E-state index contributed by atoms with van der Waals surface area (Å²) in [5, 5.41) is 1.23. The first-order valence-electron chi connectivity index (χ1n) is 17.0. The summed E-state index contributed by atoms with van der Waals surface area (Å²) in [6, 6.07) is 29.1. The van der Waals surface area contributed by atoms with Crippen molar-refractivity contribution < 1.29 is 24.0 Å². The Morgan fingerprint density at radius 2 is 0.768 bits per heavy atom. The minimum absolute atomic E-state index is 0.0219. The first-order valence-corrected chi connectivity index (χ1v) is 18.5. The summed E-state index contributed by atoms with van der Waals surface area (Å²) in [5.74, 6) is -3.00. The molecule has 0 spiro atoms. The van der Waals surface area contributed by atoms with E-state index in [0.29, 0.717) is 34.3 Å². The van der Waals surface area contributed by atoms with Gasteiger partial charge in [-0.3, -0.25) is 24.0 Å². The normalized spacial score (nSPS) is 13.4. The highest BCUT2D eigenvalue weighted by molar-refractivity contribution is 6.41. The Bertz CT molecular complexity index is 2570. The third-order valence-corrected chi connectivity index (χ3v) is 11.0. The number of nitrogens with two attached hydrogens (primary N) is 2. The summed E-state index contributed by atoms with van der Waals surface area (Å²) in [7, 11) is 0. The zero-order chi connectivity index (χ0) is 39.6. The van der Waals surface area contributed by atoms with Gasteiger partial charge in [-0.05, 0) is 108 Å². The lowest BCUT2D eigenvalue weighted by Crippen LogP contribution is -2.29. The van der Waals surface area contributed by atoms with Gasteiger partial charge in [-0.15, -0.1) is 0 Å². The van der Waals surface area contributed by atoms with Crippen molar-refractivity contribution >= 4 is 98.6 Å². The summed E-state index contributed by atoms with van der Waals surface area (Å²) in [6.07, 6.45) is 0.967. The lowest BCUT2D eigenvalue weighted by Gasteiger charge is -2.16. The molecule has 0 atom stereocenters. The second-order valence-corrected chi connectivity index (χ2v) is 15.0. The molecule has 0 bridgehead atoms. The zero-order valence-corrected chi connectivity index (χ0v) is 31.9. The Morgan fingerprint density at radius 1 is 0.429 bits per heavy atom. The average Bonchev–Trinajstić information content (AvgIpc) is 3.57. The number of carbonyl (C=O) groups excluding carboxylic acids is 5. The van der Waals surface area contributed by atoms with Gasteiger partial charge in [0.1, 0.15) is 0 Å². The van der Waals surface area contributed by atoms with Crippen molar-refractivity contribution in [2.75, 3.05) is 21.3 Å². The fraction of sp³-hybridized carbons (Fsp3) is 0.0465. The van der Waals surface area contributed by atoms with Crippen LogP contribution in [-0.2, 0) is 12.8 Å². The van der Waals surface area contributed by atoms with E-state index in [1.807, 2.05) is 12.1 Å². The van der Waals surface area contributed by atoms with E-state index in [4.69, 9.17) is 57.9 Å². The second-order valence-electron chi connectivity index (χ2n) is 13.4. The molecular weight excluding hydrogens is 794 g/mol. The molecule has 0 saturated heterocycles. The quantitative estimate of drug-likeness (QED) is 0.0885. The number of carbonyl (C=O) groups is 5. The number of halogens is 4. The second kappa shape index (κ2) is 14.3. The van der Waals surface area contributed by atoms with Gasteiger partial charge in [0.15, 0.2) is 5.78 Å². The Balaban J connectivity index is 1.00. The Morgan fingerprint density at radius 3 is 1.12 bits per heavy atom. The Kier molecular flexibility index (Phi) is 9.42. The molecule has 8 rings (SSSR count). The van der Waals surface area contributed by atoms with E-state index in [1.165, 1.54) is 36.4 Å². The predicted molar refractivity (Wildman–Crippen MR) is 219 cm³/mol. The SMILES string of the molecule is Nc1ccc(Cc2ccc(N3C(=O)c4ccc(C(=O)c5ccc6c(c5)C(=O)N(c5ccc(Cc7ccc(N)c(Cl)c7)cc5Cl)C6=O)cc4C3=O)c(Cl)c2)cc1Cl. The van der Waals surface area contributed by atoms with Gasteiger partial charge in [0.2, 0.25) is 0 Å². The van der Waals surface area contributed by atoms with Crippen LogP contribution in [0.2, 0.25) is 20.1 Å². The van der Waals surface area contributed by atoms with Gasteiger partial charge >= 0.3 is 0 Å². The van der Waals surface area contributed by atoms with E-state index in [9.17, 15) is 24.0 Å². The number of benzene rings is 6. The van der Waals surface area contributed by atoms with E-state index >= 15 is 0 Å². The van der Waals surface area contributed by atoms with Gasteiger partial charge in [-0.1, -0.05) is 82.8 Å². The number of amides is 4. The maximum atomic E-state index is 13.8. The van der Waals surface area contributed by atoms with Crippen LogP contribution in [-0.4, -0.2) is 29.4 Å². The van der Waals surface area contributed by atoms with Crippen LogP contribution in [0, 0.1) is 0 Å². The zero-order valence-electron chi connectivity index (χ0n) is 28.9. The van der Waals surface area contributed by atoms with Crippen molar-refractivity contribution in [1.82, 2.24) is 0 Å². The van der Waals surface area contributed by atoms with Gasteiger partial charge in [0, 0.05) is 11.1 Å². The number of fused-ring (bicyclic) bond motifs is 2. The summed E-state index contributed by atoms with van der Waals surface area (Å²) in [4.78, 5) is 70.1. The number of anilines is 4. The maximum Gasteiger partial charge on any atom is 0.266 e. The largest absolute Gasteiger partial charge is 0.398 e. The summed E-state index contributed by atoms with van der Waals surface area (Å²) < 4.78 is 0. The van der Waals surface area contributed by atoms with Crippen LogP contribution in [0.4, 0.5) is 22.7 Å². The monoisotopic (exact) mass is 818 g/mol. The third-order valence-electron chi connectivity index (χ3n) is 9.75. The van der Waals surface area contributed by atoms with Crippen LogP contribution in [0.15, 0.2) is 109 Å². The fourth-order valence-corrected chi connectivity index (χ4v) is 7.87.